The summed E-state index contributed by atoms with van der Waals surface area (Å²) in [5, 5.41) is 5.15. The van der Waals surface area contributed by atoms with Gasteiger partial charge in [0.1, 0.15) is 5.75 Å². The number of carbonyl (C=O) groups excluding carboxylic acids is 1. The normalized spacial score (nSPS) is 11.6. The van der Waals surface area contributed by atoms with Gasteiger partial charge in [0.05, 0.1) is 29.1 Å². The van der Waals surface area contributed by atoms with Gasteiger partial charge in [0.15, 0.2) is 0 Å². The maximum Gasteiger partial charge on any atom is 0.272 e. The average molecular weight is 466 g/mol. The molecule has 0 unspecified atom stereocenters. The third kappa shape index (κ3) is 5.75. The number of hydrogen-bond donors (Lipinski definition) is 1. The monoisotopic (exact) mass is 465 g/mol. The fourth-order valence-corrected chi connectivity index (χ4v) is 3.82. The molecule has 0 atom stereocenters. The number of rotatable bonds is 8. The van der Waals surface area contributed by atoms with E-state index in [4.69, 9.17) is 9.72 Å². The topological polar surface area (TPSA) is 63.6 Å². The van der Waals surface area contributed by atoms with Gasteiger partial charge in [-0.05, 0) is 66.8 Å². The molecular formula is C30H31N3O2. The van der Waals surface area contributed by atoms with E-state index in [0.717, 1.165) is 39.9 Å². The van der Waals surface area contributed by atoms with E-state index >= 15 is 0 Å². The van der Waals surface area contributed by atoms with Gasteiger partial charge in [0.25, 0.3) is 5.91 Å². The molecule has 0 saturated carbocycles. The molecule has 1 heterocycles. The first-order valence-electron chi connectivity index (χ1n) is 12.0. The van der Waals surface area contributed by atoms with Gasteiger partial charge >= 0.3 is 0 Å². The van der Waals surface area contributed by atoms with E-state index in [1.165, 1.54) is 5.56 Å². The Hall–Kier alpha value is -3.99. The number of carbonyl (C=O) groups is 1. The minimum atomic E-state index is -0.272. The van der Waals surface area contributed by atoms with E-state index in [1.54, 1.807) is 0 Å². The van der Waals surface area contributed by atoms with Crippen LogP contribution in [0, 0.1) is 0 Å². The minimum Gasteiger partial charge on any atom is -0.494 e. The van der Waals surface area contributed by atoms with Gasteiger partial charge < -0.3 is 4.74 Å². The lowest BCUT2D eigenvalue weighted by Crippen LogP contribution is -2.20. The molecule has 3 aromatic carbocycles. The van der Waals surface area contributed by atoms with Crippen LogP contribution < -0.4 is 10.2 Å². The molecule has 0 aliphatic heterocycles. The Morgan fingerprint density at radius 3 is 2.40 bits per heavy atom. The van der Waals surface area contributed by atoms with Gasteiger partial charge in [-0.25, -0.2) is 10.4 Å². The molecule has 0 aliphatic carbocycles. The summed E-state index contributed by atoms with van der Waals surface area (Å²) in [5.74, 6) is 1.01. The zero-order valence-corrected chi connectivity index (χ0v) is 20.7. The molecule has 5 heteroatoms. The maximum atomic E-state index is 13.2. The molecule has 1 N–H and O–H groups in total. The summed E-state index contributed by atoms with van der Waals surface area (Å²) in [6.45, 7) is 8.97. The zero-order valence-electron chi connectivity index (χ0n) is 20.7. The zero-order chi connectivity index (χ0) is 24.8. The molecule has 35 heavy (non-hydrogen) atoms. The van der Waals surface area contributed by atoms with Crippen LogP contribution in [0.5, 0.6) is 5.75 Å². The lowest BCUT2D eigenvalue weighted by molar-refractivity contribution is 0.0956. The second-order valence-corrected chi connectivity index (χ2v) is 8.86. The number of fused-ring (bicyclic) bond motifs is 1. The Balaban J connectivity index is 1.60. The van der Waals surface area contributed by atoms with Gasteiger partial charge in [-0.2, -0.15) is 5.10 Å². The van der Waals surface area contributed by atoms with E-state index in [0.29, 0.717) is 23.8 Å². The lowest BCUT2D eigenvalue weighted by atomic mass is 9.99. The van der Waals surface area contributed by atoms with Gasteiger partial charge in [-0.1, -0.05) is 63.2 Å². The number of benzene rings is 3. The Kier molecular flexibility index (Phi) is 7.56. The molecule has 5 nitrogen and oxygen atoms in total. The molecule has 0 bridgehead atoms. The van der Waals surface area contributed by atoms with Crippen molar-refractivity contribution in [3.63, 3.8) is 0 Å². The summed E-state index contributed by atoms with van der Waals surface area (Å²) >= 11 is 0. The maximum absolute atomic E-state index is 13.2. The smallest absolute Gasteiger partial charge is 0.272 e. The molecule has 4 rings (SSSR count). The van der Waals surface area contributed by atoms with Crippen molar-refractivity contribution in [3.8, 4) is 17.0 Å². The van der Waals surface area contributed by atoms with Crippen LogP contribution in [0.4, 0.5) is 0 Å². The number of nitrogens with zero attached hydrogens (tertiary/aromatic N) is 2. The van der Waals surface area contributed by atoms with Crippen LogP contribution in [-0.4, -0.2) is 23.2 Å². The van der Waals surface area contributed by atoms with Crippen molar-refractivity contribution in [2.45, 2.75) is 40.0 Å². The standard InChI is InChI=1S/C30H31N3O2/c1-5-18-35-25-16-14-23(15-17-25)21(4)32-33-30(34)27-19-29(31-28-9-7-6-8-26(27)28)24-12-10-22(11-13-24)20(2)3/h6-17,19-20H,5,18H2,1-4H3,(H,33,34)/b32-21+. The van der Waals surface area contributed by atoms with E-state index in [2.05, 4.69) is 55.6 Å². The third-order valence-electron chi connectivity index (χ3n) is 5.90. The minimum absolute atomic E-state index is 0.272. The molecule has 1 amide bonds. The fourth-order valence-electron chi connectivity index (χ4n) is 3.82. The highest BCUT2D eigenvalue weighted by molar-refractivity contribution is 6.08. The highest BCUT2D eigenvalue weighted by Gasteiger charge is 2.14. The molecule has 4 aromatic rings. The molecule has 1 aromatic heterocycles. The number of aromatic nitrogens is 1. The Labute approximate surface area is 206 Å². The number of para-hydroxylation sites is 1. The highest BCUT2D eigenvalue weighted by Crippen LogP contribution is 2.26. The van der Waals surface area contributed by atoms with Gasteiger partial charge in [0.2, 0.25) is 0 Å². The average Bonchev–Trinajstić information content (AvgIpc) is 2.90. The van der Waals surface area contributed by atoms with Crippen molar-refractivity contribution >= 4 is 22.5 Å². The molecular weight excluding hydrogens is 434 g/mol. The summed E-state index contributed by atoms with van der Waals surface area (Å²) in [7, 11) is 0. The lowest BCUT2D eigenvalue weighted by Gasteiger charge is -2.11. The summed E-state index contributed by atoms with van der Waals surface area (Å²) in [4.78, 5) is 18.0. The van der Waals surface area contributed by atoms with Crippen molar-refractivity contribution in [2.75, 3.05) is 6.61 Å². The SMILES string of the molecule is CCCOc1ccc(/C(C)=N/NC(=O)c2cc(-c3ccc(C(C)C)cc3)nc3ccccc23)cc1. The van der Waals surface area contributed by atoms with Crippen LogP contribution >= 0.6 is 0 Å². The summed E-state index contributed by atoms with van der Waals surface area (Å²) in [6.07, 6.45) is 0.961. The second-order valence-electron chi connectivity index (χ2n) is 8.86. The molecule has 0 aliphatic rings. The van der Waals surface area contributed by atoms with Crippen LogP contribution in [0.25, 0.3) is 22.2 Å². The first-order chi connectivity index (χ1) is 17.0. The Morgan fingerprint density at radius 1 is 1.00 bits per heavy atom. The quantitative estimate of drug-likeness (QED) is 0.226. The number of pyridine rings is 1. The van der Waals surface area contributed by atoms with Gasteiger partial charge in [0, 0.05) is 10.9 Å². The van der Waals surface area contributed by atoms with E-state index in [1.807, 2.05) is 61.5 Å². The van der Waals surface area contributed by atoms with Crippen molar-refractivity contribution in [1.82, 2.24) is 10.4 Å². The molecule has 0 spiro atoms. The number of hydrazone groups is 1. The van der Waals surface area contributed by atoms with Crippen molar-refractivity contribution in [1.29, 1.82) is 0 Å². The van der Waals surface area contributed by atoms with Crippen LogP contribution in [0.3, 0.4) is 0 Å². The largest absolute Gasteiger partial charge is 0.494 e. The molecule has 0 saturated heterocycles. The number of nitrogens with one attached hydrogen (secondary N) is 1. The number of amides is 1. The van der Waals surface area contributed by atoms with E-state index < -0.39 is 0 Å². The van der Waals surface area contributed by atoms with E-state index in [-0.39, 0.29) is 5.91 Å². The summed E-state index contributed by atoms with van der Waals surface area (Å²) in [5.41, 5.74) is 8.66. The van der Waals surface area contributed by atoms with E-state index in [9.17, 15) is 4.79 Å². The second kappa shape index (κ2) is 11.0. The van der Waals surface area contributed by atoms with Crippen LogP contribution in [-0.2, 0) is 0 Å². The van der Waals surface area contributed by atoms with Gasteiger partial charge in [-0.3, -0.25) is 4.79 Å². The predicted molar refractivity (Wildman–Crippen MR) is 143 cm³/mol. The highest BCUT2D eigenvalue weighted by atomic mass is 16.5. The predicted octanol–water partition coefficient (Wildman–Crippen LogP) is 6.97. The van der Waals surface area contributed by atoms with Crippen molar-refractivity contribution in [3.05, 3.63) is 95.6 Å². The van der Waals surface area contributed by atoms with Crippen molar-refractivity contribution < 1.29 is 9.53 Å². The first-order valence-corrected chi connectivity index (χ1v) is 12.0. The van der Waals surface area contributed by atoms with Gasteiger partial charge in [-0.15, -0.1) is 0 Å². The first kappa shape index (κ1) is 24.1. The Morgan fingerprint density at radius 2 is 1.71 bits per heavy atom. The molecule has 178 valence electrons. The van der Waals surface area contributed by atoms with Crippen LogP contribution in [0.15, 0.2) is 84.0 Å². The molecule has 0 fully saturated rings. The fraction of sp³-hybridized carbons (Fsp3) is 0.233. The summed E-state index contributed by atoms with van der Waals surface area (Å²) in [6, 6.07) is 25.6. The molecule has 0 radical (unpaired) electrons. The third-order valence-corrected chi connectivity index (χ3v) is 5.90. The number of hydrogen-bond acceptors (Lipinski definition) is 4. The van der Waals surface area contributed by atoms with Crippen molar-refractivity contribution in [2.24, 2.45) is 5.10 Å². The van der Waals surface area contributed by atoms with Crippen LogP contribution in [0.2, 0.25) is 0 Å². The van der Waals surface area contributed by atoms with Crippen LogP contribution in [0.1, 0.15) is 61.5 Å². The number of ether oxygens (including phenoxy) is 1. The summed E-state index contributed by atoms with van der Waals surface area (Å²) < 4.78 is 5.64. The Bertz CT molecular complexity index is 1340.